The molecule has 1 fully saturated rings. The van der Waals surface area contributed by atoms with Crippen molar-refractivity contribution in [3.05, 3.63) is 53.6 Å². The first kappa shape index (κ1) is 22.8. The number of ether oxygens (including phenoxy) is 1. The topological polar surface area (TPSA) is 105 Å². The highest BCUT2D eigenvalue weighted by Gasteiger charge is 2.25. The zero-order valence-corrected chi connectivity index (χ0v) is 18.5. The smallest absolute Gasteiger partial charge is 0.261 e. The lowest BCUT2D eigenvalue weighted by Crippen LogP contribution is -2.27. The van der Waals surface area contributed by atoms with Gasteiger partial charge in [0.2, 0.25) is 5.91 Å². The molecule has 0 unspecified atom stereocenters. The van der Waals surface area contributed by atoms with Crippen LogP contribution in [0.5, 0.6) is 0 Å². The van der Waals surface area contributed by atoms with Crippen molar-refractivity contribution in [3.63, 3.8) is 0 Å². The monoisotopic (exact) mass is 445 g/mol. The zero-order valence-electron chi connectivity index (χ0n) is 17.7. The number of hydrogen-bond donors (Lipinski definition) is 2. The van der Waals surface area contributed by atoms with Crippen LogP contribution in [0.25, 0.3) is 0 Å². The van der Waals surface area contributed by atoms with Gasteiger partial charge in [-0.1, -0.05) is 12.1 Å². The Bertz CT molecular complexity index is 1070. The maximum atomic E-state index is 13.0. The lowest BCUT2D eigenvalue weighted by atomic mass is 10.1. The van der Waals surface area contributed by atoms with Crippen LogP contribution in [0.4, 0.5) is 11.4 Å². The number of methoxy groups -OCH3 is 1. The molecule has 0 atom stereocenters. The summed E-state index contributed by atoms with van der Waals surface area (Å²) in [6.07, 6.45) is 1.96. The first-order valence-electron chi connectivity index (χ1n) is 10.1. The fourth-order valence-electron chi connectivity index (χ4n) is 3.49. The predicted molar refractivity (Wildman–Crippen MR) is 119 cm³/mol. The van der Waals surface area contributed by atoms with Crippen molar-refractivity contribution >= 4 is 33.2 Å². The van der Waals surface area contributed by atoms with E-state index in [2.05, 4.69) is 10.0 Å². The molecular formula is C22H27N3O5S. The molecule has 2 N–H and O–H groups in total. The molecule has 2 amide bonds. The number of nitrogens with zero attached hydrogens (tertiary/aromatic N) is 1. The number of carbonyl (C=O) groups is 2. The van der Waals surface area contributed by atoms with Crippen LogP contribution in [-0.2, 0) is 19.6 Å². The molecule has 0 spiro atoms. The van der Waals surface area contributed by atoms with Gasteiger partial charge < -0.3 is 15.0 Å². The Kier molecular flexibility index (Phi) is 7.29. The Morgan fingerprint density at radius 3 is 2.65 bits per heavy atom. The van der Waals surface area contributed by atoms with Crippen LogP contribution in [0.3, 0.4) is 0 Å². The fraction of sp³-hybridized carbons (Fsp3) is 0.364. The van der Waals surface area contributed by atoms with Crippen molar-refractivity contribution in [2.75, 3.05) is 36.4 Å². The third-order valence-electron chi connectivity index (χ3n) is 5.07. The number of sulfonamides is 1. The number of rotatable bonds is 9. The van der Waals surface area contributed by atoms with E-state index in [0.717, 1.165) is 12.1 Å². The number of anilines is 2. The molecule has 8 nitrogen and oxygen atoms in total. The minimum absolute atomic E-state index is 0.0438. The first-order valence-corrected chi connectivity index (χ1v) is 11.6. The first-order chi connectivity index (χ1) is 14.8. The second kappa shape index (κ2) is 9.93. The SMILES string of the molecule is COCCCNC(=O)c1ccccc1NS(=O)(=O)c1ccc(N2CCCC2=O)c(C)c1. The van der Waals surface area contributed by atoms with E-state index in [-0.39, 0.29) is 28.0 Å². The van der Waals surface area contributed by atoms with E-state index < -0.39 is 10.0 Å². The van der Waals surface area contributed by atoms with Crippen molar-refractivity contribution in [3.8, 4) is 0 Å². The highest BCUT2D eigenvalue weighted by Crippen LogP contribution is 2.28. The molecule has 31 heavy (non-hydrogen) atoms. The average Bonchev–Trinajstić information content (AvgIpc) is 3.16. The highest BCUT2D eigenvalue weighted by atomic mass is 32.2. The zero-order chi connectivity index (χ0) is 22.4. The molecule has 0 radical (unpaired) electrons. The average molecular weight is 446 g/mol. The highest BCUT2D eigenvalue weighted by molar-refractivity contribution is 7.92. The normalized spacial score (nSPS) is 14.0. The van der Waals surface area contributed by atoms with Crippen LogP contribution < -0.4 is 14.9 Å². The predicted octanol–water partition coefficient (Wildman–Crippen LogP) is 2.69. The molecule has 166 valence electrons. The molecule has 2 aromatic rings. The third-order valence-corrected chi connectivity index (χ3v) is 6.43. The van der Waals surface area contributed by atoms with E-state index in [1.807, 2.05) is 0 Å². The van der Waals surface area contributed by atoms with E-state index in [1.165, 1.54) is 12.1 Å². The van der Waals surface area contributed by atoms with Gasteiger partial charge in [0, 0.05) is 38.9 Å². The van der Waals surface area contributed by atoms with Crippen molar-refractivity contribution < 1.29 is 22.7 Å². The van der Waals surface area contributed by atoms with E-state index >= 15 is 0 Å². The lowest BCUT2D eigenvalue weighted by molar-refractivity contribution is -0.117. The number of aryl methyl sites for hydroxylation is 1. The number of para-hydroxylation sites is 1. The van der Waals surface area contributed by atoms with E-state index in [9.17, 15) is 18.0 Å². The van der Waals surface area contributed by atoms with E-state index in [1.54, 1.807) is 49.3 Å². The van der Waals surface area contributed by atoms with Crippen molar-refractivity contribution in [1.82, 2.24) is 5.32 Å². The summed E-state index contributed by atoms with van der Waals surface area (Å²) in [6, 6.07) is 11.1. The summed E-state index contributed by atoms with van der Waals surface area (Å²) < 4.78 is 33.4. The van der Waals surface area contributed by atoms with Gasteiger partial charge in [0.15, 0.2) is 0 Å². The molecule has 0 bridgehead atoms. The molecule has 1 heterocycles. The molecule has 0 aliphatic carbocycles. The second-order valence-electron chi connectivity index (χ2n) is 7.35. The van der Waals surface area contributed by atoms with Crippen LogP contribution >= 0.6 is 0 Å². The molecule has 9 heteroatoms. The minimum atomic E-state index is -3.93. The largest absolute Gasteiger partial charge is 0.385 e. The van der Waals surface area contributed by atoms with Crippen LogP contribution in [0.15, 0.2) is 47.4 Å². The molecule has 1 saturated heterocycles. The molecule has 1 aliphatic rings. The van der Waals surface area contributed by atoms with Gasteiger partial charge in [-0.05, 0) is 55.7 Å². The summed E-state index contributed by atoms with van der Waals surface area (Å²) in [5.74, 6) is -0.323. The molecular weight excluding hydrogens is 418 g/mol. The quantitative estimate of drug-likeness (QED) is 0.578. The molecule has 3 rings (SSSR count). The van der Waals surface area contributed by atoms with Gasteiger partial charge in [0.1, 0.15) is 0 Å². The Labute approximate surface area is 182 Å². The summed E-state index contributed by atoms with van der Waals surface area (Å²) in [5, 5.41) is 2.76. The number of nitrogens with one attached hydrogen (secondary N) is 2. The lowest BCUT2D eigenvalue weighted by Gasteiger charge is -2.19. The molecule has 0 saturated carbocycles. The van der Waals surface area contributed by atoms with Gasteiger partial charge in [0.05, 0.1) is 16.1 Å². The Morgan fingerprint density at radius 1 is 1.19 bits per heavy atom. The van der Waals surface area contributed by atoms with Crippen LogP contribution in [0.1, 0.15) is 35.2 Å². The summed E-state index contributed by atoms with van der Waals surface area (Å²) >= 11 is 0. The number of benzene rings is 2. The van der Waals surface area contributed by atoms with Crippen LogP contribution in [0.2, 0.25) is 0 Å². The van der Waals surface area contributed by atoms with Crippen molar-refractivity contribution in [2.24, 2.45) is 0 Å². The summed E-state index contributed by atoms with van der Waals surface area (Å²) in [7, 11) is -2.34. The molecule has 2 aromatic carbocycles. The van der Waals surface area contributed by atoms with Crippen LogP contribution in [0, 0.1) is 6.92 Å². The summed E-state index contributed by atoms with van der Waals surface area (Å²) in [5.41, 5.74) is 1.85. The number of carbonyl (C=O) groups excluding carboxylic acids is 2. The molecule has 0 aromatic heterocycles. The Morgan fingerprint density at radius 2 is 1.97 bits per heavy atom. The number of amides is 2. The van der Waals surface area contributed by atoms with Gasteiger partial charge in [-0.25, -0.2) is 8.42 Å². The van der Waals surface area contributed by atoms with Crippen LogP contribution in [-0.4, -0.2) is 47.0 Å². The second-order valence-corrected chi connectivity index (χ2v) is 9.03. The van der Waals surface area contributed by atoms with Gasteiger partial charge >= 0.3 is 0 Å². The van der Waals surface area contributed by atoms with Crippen molar-refractivity contribution in [1.29, 1.82) is 0 Å². The summed E-state index contributed by atoms with van der Waals surface area (Å²) in [6.45, 7) is 3.36. The number of hydrogen-bond acceptors (Lipinski definition) is 5. The standard InChI is InChI=1S/C22H27N3O5S/c1-16-15-17(10-11-20(16)25-13-5-9-21(25)26)31(28,29)24-19-8-4-3-7-18(19)22(27)23-12-6-14-30-2/h3-4,7-8,10-11,15,24H,5-6,9,12-14H2,1-2H3,(H,23,27). The van der Waals surface area contributed by atoms with Gasteiger partial charge in [0.25, 0.3) is 15.9 Å². The third kappa shape index (κ3) is 5.42. The maximum Gasteiger partial charge on any atom is 0.261 e. The Balaban J connectivity index is 1.79. The van der Waals surface area contributed by atoms with E-state index in [0.29, 0.717) is 38.1 Å². The van der Waals surface area contributed by atoms with E-state index in [4.69, 9.17) is 4.74 Å². The maximum absolute atomic E-state index is 13.0. The van der Waals surface area contributed by atoms with Gasteiger partial charge in [-0.2, -0.15) is 0 Å². The fourth-order valence-corrected chi connectivity index (χ4v) is 4.65. The molecule has 1 aliphatic heterocycles. The van der Waals surface area contributed by atoms with Gasteiger partial charge in [-0.3, -0.25) is 14.3 Å². The van der Waals surface area contributed by atoms with Gasteiger partial charge in [-0.15, -0.1) is 0 Å². The van der Waals surface area contributed by atoms with Crippen molar-refractivity contribution in [2.45, 2.75) is 31.1 Å². The minimum Gasteiger partial charge on any atom is -0.385 e. The Hall–Kier alpha value is -2.91. The summed E-state index contributed by atoms with van der Waals surface area (Å²) in [4.78, 5) is 26.3.